The summed E-state index contributed by atoms with van der Waals surface area (Å²) < 4.78 is 20.3. The third kappa shape index (κ3) is 3.95. The zero-order valence-electron chi connectivity index (χ0n) is 15.8. The number of carbonyl (C=O) groups excluding carboxylic acids is 2. The van der Waals surface area contributed by atoms with E-state index in [9.17, 15) is 14.0 Å². The molecular weight excluding hydrogens is 389 g/mol. The molecule has 150 valence electrons. The molecule has 2 heterocycles. The third-order valence-electron chi connectivity index (χ3n) is 4.35. The third-order valence-corrected chi connectivity index (χ3v) is 4.35. The Morgan fingerprint density at radius 2 is 1.83 bits per heavy atom. The number of fused-ring (bicyclic) bond motifs is 1. The summed E-state index contributed by atoms with van der Waals surface area (Å²) in [7, 11) is 1.46. The van der Waals surface area contributed by atoms with Crippen molar-refractivity contribution in [2.75, 3.05) is 17.7 Å². The van der Waals surface area contributed by atoms with Crippen LogP contribution in [-0.2, 0) is 0 Å². The number of amides is 2. The summed E-state index contributed by atoms with van der Waals surface area (Å²) in [5, 5.41) is 13.1. The summed E-state index contributed by atoms with van der Waals surface area (Å²) in [6, 6.07) is 13.5. The fourth-order valence-corrected chi connectivity index (χ4v) is 2.87. The molecule has 9 heteroatoms. The highest BCUT2D eigenvalue weighted by molar-refractivity contribution is 6.07. The summed E-state index contributed by atoms with van der Waals surface area (Å²) in [6.07, 6.45) is 3.11. The second kappa shape index (κ2) is 8.00. The van der Waals surface area contributed by atoms with Crippen LogP contribution >= 0.6 is 0 Å². The van der Waals surface area contributed by atoms with E-state index in [1.165, 1.54) is 31.6 Å². The van der Waals surface area contributed by atoms with E-state index in [0.29, 0.717) is 28.3 Å². The van der Waals surface area contributed by atoms with Crippen LogP contribution in [0.25, 0.3) is 5.65 Å². The molecule has 4 aromatic rings. The van der Waals surface area contributed by atoms with Gasteiger partial charge < -0.3 is 15.4 Å². The number of nitrogens with zero attached hydrogens (tertiary/aromatic N) is 3. The smallest absolute Gasteiger partial charge is 0.257 e. The van der Waals surface area contributed by atoms with Gasteiger partial charge in [0, 0.05) is 17.4 Å². The van der Waals surface area contributed by atoms with E-state index < -0.39 is 11.7 Å². The van der Waals surface area contributed by atoms with E-state index in [-0.39, 0.29) is 11.5 Å². The highest BCUT2D eigenvalue weighted by Gasteiger charge is 2.13. The average molecular weight is 405 g/mol. The van der Waals surface area contributed by atoms with Gasteiger partial charge in [-0.1, -0.05) is 6.07 Å². The molecule has 0 unspecified atom stereocenters. The van der Waals surface area contributed by atoms with Crippen molar-refractivity contribution >= 4 is 28.8 Å². The minimum Gasteiger partial charge on any atom is -0.495 e. The van der Waals surface area contributed by atoms with Gasteiger partial charge in [0.25, 0.3) is 11.8 Å². The Hall–Kier alpha value is -4.27. The van der Waals surface area contributed by atoms with Crippen molar-refractivity contribution in [2.24, 2.45) is 0 Å². The van der Waals surface area contributed by atoms with Gasteiger partial charge in [0.1, 0.15) is 17.9 Å². The number of halogens is 1. The van der Waals surface area contributed by atoms with E-state index >= 15 is 0 Å². The zero-order chi connectivity index (χ0) is 21.1. The lowest BCUT2D eigenvalue weighted by Gasteiger charge is -2.13. The SMILES string of the molecule is COc1ccc(NC(=O)c2ccc3nncn3c2)cc1NC(=O)c1cccc(F)c1. The van der Waals surface area contributed by atoms with E-state index in [2.05, 4.69) is 20.8 Å². The fourth-order valence-electron chi connectivity index (χ4n) is 2.87. The number of ether oxygens (including phenoxy) is 1. The number of methoxy groups -OCH3 is 1. The van der Waals surface area contributed by atoms with Crippen molar-refractivity contribution in [3.8, 4) is 5.75 Å². The number of aromatic nitrogens is 3. The number of pyridine rings is 1. The number of hydrogen-bond acceptors (Lipinski definition) is 5. The maximum Gasteiger partial charge on any atom is 0.257 e. The van der Waals surface area contributed by atoms with Gasteiger partial charge >= 0.3 is 0 Å². The van der Waals surface area contributed by atoms with Crippen LogP contribution in [0.15, 0.2) is 67.1 Å². The highest BCUT2D eigenvalue weighted by atomic mass is 19.1. The summed E-state index contributed by atoms with van der Waals surface area (Å²) in [5.74, 6) is -0.975. The van der Waals surface area contributed by atoms with Gasteiger partial charge in [-0.3, -0.25) is 14.0 Å². The molecule has 0 atom stereocenters. The van der Waals surface area contributed by atoms with Crippen LogP contribution in [0.4, 0.5) is 15.8 Å². The highest BCUT2D eigenvalue weighted by Crippen LogP contribution is 2.28. The maximum atomic E-state index is 13.4. The Kier molecular flexibility index (Phi) is 5.08. The number of rotatable bonds is 5. The lowest BCUT2D eigenvalue weighted by atomic mass is 10.2. The molecule has 0 saturated carbocycles. The molecule has 0 saturated heterocycles. The Bertz CT molecular complexity index is 1250. The second-order valence-electron chi connectivity index (χ2n) is 6.35. The topological polar surface area (TPSA) is 97.6 Å². The predicted molar refractivity (Wildman–Crippen MR) is 108 cm³/mol. The van der Waals surface area contributed by atoms with Crippen molar-refractivity contribution < 1.29 is 18.7 Å². The van der Waals surface area contributed by atoms with Crippen molar-refractivity contribution in [3.63, 3.8) is 0 Å². The van der Waals surface area contributed by atoms with Crippen LogP contribution in [0, 0.1) is 5.82 Å². The Balaban J connectivity index is 1.55. The van der Waals surface area contributed by atoms with Gasteiger partial charge in [-0.2, -0.15) is 0 Å². The molecule has 0 radical (unpaired) electrons. The number of carbonyl (C=O) groups is 2. The summed E-state index contributed by atoms with van der Waals surface area (Å²) in [6.45, 7) is 0. The summed E-state index contributed by atoms with van der Waals surface area (Å²) >= 11 is 0. The van der Waals surface area contributed by atoms with Crippen LogP contribution < -0.4 is 15.4 Å². The van der Waals surface area contributed by atoms with Crippen LogP contribution in [0.3, 0.4) is 0 Å². The van der Waals surface area contributed by atoms with Gasteiger partial charge in [0.05, 0.1) is 18.4 Å². The van der Waals surface area contributed by atoms with Gasteiger partial charge in [0.15, 0.2) is 5.65 Å². The predicted octanol–water partition coefficient (Wildman–Crippen LogP) is 3.38. The maximum absolute atomic E-state index is 13.4. The van der Waals surface area contributed by atoms with E-state index in [1.807, 2.05) is 0 Å². The first-order chi connectivity index (χ1) is 14.5. The van der Waals surface area contributed by atoms with Crippen molar-refractivity contribution in [3.05, 3.63) is 84.1 Å². The Morgan fingerprint density at radius 3 is 2.63 bits per heavy atom. The van der Waals surface area contributed by atoms with Crippen molar-refractivity contribution in [2.45, 2.75) is 0 Å². The Morgan fingerprint density at radius 1 is 1.00 bits per heavy atom. The van der Waals surface area contributed by atoms with Gasteiger partial charge in [-0.25, -0.2) is 4.39 Å². The fraction of sp³-hybridized carbons (Fsp3) is 0.0476. The number of anilines is 2. The minimum absolute atomic E-state index is 0.161. The summed E-state index contributed by atoms with van der Waals surface area (Å²) in [5.41, 5.74) is 1.97. The molecule has 0 aliphatic carbocycles. The molecular formula is C21H16FN5O3. The lowest BCUT2D eigenvalue weighted by Crippen LogP contribution is -2.15. The number of hydrogen-bond donors (Lipinski definition) is 2. The summed E-state index contributed by atoms with van der Waals surface area (Å²) in [4.78, 5) is 25.1. The van der Waals surface area contributed by atoms with Crippen molar-refractivity contribution in [1.29, 1.82) is 0 Å². The van der Waals surface area contributed by atoms with Crippen molar-refractivity contribution in [1.82, 2.24) is 14.6 Å². The Labute approximate surface area is 170 Å². The first kappa shape index (κ1) is 19.1. The zero-order valence-corrected chi connectivity index (χ0v) is 15.8. The van der Waals surface area contributed by atoms with Crippen LogP contribution in [0.2, 0.25) is 0 Å². The van der Waals surface area contributed by atoms with E-state index in [4.69, 9.17) is 4.74 Å². The standard InChI is InChI=1S/C21H16FN5O3/c1-30-18-7-6-16(10-17(18)25-20(28)13-3-2-4-15(22)9-13)24-21(29)14-5-8-19-26-23-12-27(19)11-14/h2-12H,1H3,(H,24,29)(H,25,28). The first-order valence-electron chi connectivity index (χ1n) is 8.89. The first-order valence-corrected chi connectivity index (χ1v) is 8.89. The molecule has 30 heavy (non-hydrogen) atoms. The molecule has 2 aromatic carbocycles. The molecule has 2 N–H and O–H groups in total. The van der Waals surface area contributed by atoms with Crippen LogP contribution in [-0.4, -0.2) is 33.5 Å². The molecule has 0 spiro atoms. The molecule has 4 rings (SSSR count). The van der Waals surface area contributed by atoms with E-state index in [1.54, 1.807) is 40.9 Å². The molecule has 0 bridgehead atoms. The van der Waals surface area contributed by atoms with Gasteiger partial charge in [0.2, 0.25) is 0 Å². The lowest BCUT2D eigenvalue weighted by molar-refractivity contribution is 0.101. The molecule has 2 aromatic heterocycles. The van der Waals surface area contributed by atoms with Crippen LogP contribution in [0.5, 0.6) is 5.75 Å². The van der Waals surface area contributed by atoms with Gasteiger partial charge in [-0.05, 0) is 48.5 Å². The number of nitrogens with one attached hydrogen (secondary N) is 2. The largest absolute Gasteiger partial charge is 0.495 e. The molecule has 0 fully saturated rings. The second-order valence-corrected chi connectivity index (χ2v) is 6.35. The minimum atomic E-state index is -0.513. The quantitative estimate of drug-likeness (QED) is 0.531. The molecule has 0 aliphatic heterocycles. The number of benzene rings is 2. The van der Waals surface area contributed by atoms with Crippen LogP contribution in [0.1, 0.15) is 20.7 Å². The molecule has 2 amide bonds. The molecule has 0 aliphatic rings. The average Bonchev–Trinajstić information content (AvgIpc) is 3.22. The molecule has 8 nitrogen and oxygen atoms in total. The van der Waals surface area contributed by atoms with Gasteiger partial charge in [-0.15, -0.1) is 10.2 Å². The normalized spacial score (nSPS) is 10.6. The monoisotopic (exact) mass is 405 g/mol. The van der Waals surface area contributed by atoms with E-state index in [0.717, 1.165) is 6.07 Å².